The molecule has 6 rings (SSSR count). The molecule has 1 N–H and O–H groups in total. The van der Waals surface area contributed by atoms with Gasteiger partial charge in [-0.25, -0.2) is 4.90 Å². The van der Waals surface area contributed by atoms with E-state index in [2.05, 4.69) is 5.32 Å². The van der Waals surface area contributed by atoms with Crippen molar-refractivity contribution in [2.24, 2.45) is 5.92 Å². The fourth-order valence-electron chi connectivity index (χ4n) is 5.56. The standard InChI is InChI=1S/C31H27N3O6S2/c1-17-8-7-9-19(14-17)32-23(35)16-33-30-27(42-31(33)38)24(18-12-13-21(39-2)22(15-18)40-3)25-26(41-30)29(37)34(28(25)36)20-10-5-4-6-11-20/h4-15,24-26H,16H2,1-3H3,(H,32,35)/t24-,25?,26?/m1/s1. The van der Waals surface area contributed by atoms with Crippen molar-refractivity contribution in [2.75, 3.05) is 24.4 Å². The second-order valence-corrected chi connectivity index (χ2v) is 12.2. The van der Waals surface area contributed by atoms with Crippen LogP contribution in [0.4, 0.5) is 11.4 Å². The van der Waals surface area contributed by atoms with E-state index in [-0.39, 0.29) is 29.1 Å². The first-order valence-corrected chi connectivity index (χ1v) is 14.9. The number of amides is 3. The number of benzene rings is 3. The smallest absolute Gasteiger partial charge is 0.308 e. The Morgan fingerprint density at radius 3 is 2.38 bits per heavy atom. The topological polar surface area (TPSA) is 107 Å². The van der Waals surface area contributed by atoms with Crippen LogP contribution in [0.5, 0.6) is 11.5 Å². The second-order valence-electron chi connectivity index (χ2n) is 10.0. The lowest BCUT2D eigenvalue weighted by Gasteiger charge is -2.31. The van der Waals surface area contributed by atoms with Crippen molar-refractivity contribution in [3.05, 3.63) is 98.5 Å². The van der Waals surface area contributed by atoms with Crippen LogP contribution in [0.2, 0.25) is 0 Å². The van der Waals surface area contributed by atoms with Crippen LogP contribution in [0.15, 0.2) is 82.6 Å². The molecule has 3 atom stereocenters. The molecule has 2 aliphatic rings. The molecule has 0 bridgehead atoms. The summed E-state index contributed by atoms with van der Waals surface area (Å²) in [5, 5.41) is 2.58. The van der Waals surface area contributed by atoms with E-state index in [4.69, 9.17) is 9.47 Å². The van der Waals surface area contributed by atoms with Gasteiger partial charge in [0.2, 0.25) is 17.7 Å². The predicted octanol–water partition coefficient (Wildman–Crippen LogP) is 4.67. The SMILES string of the molecule is COc1ccc([C@H]2c3sc(=O)n(CC(=O)Nc4cccc(C)c4)c3SC3C(=O)N(c4ccccc4)C(=O)C32)cc1OC. The summed E-state index contributed by atoms with van der Waals surface area (Å²) in [4.78, 5) is 55.9. The van der Waals surface area contributed by atoms with E-state index >= 15 is 0 Å². The summed E-state index contributed by atoms with van der Waals surface area (Å²) in [6.45, 7) is 1.70. The molecule has 9 nitrogen and oxygen atoms in total. The van der Waals surface area contributed by atoms with E-state index in [0.29, 0.717) is 38.3 Å². The van der Waals surface area contributed by atoms with Crippen LogP contribution in [0.3, 0.4) is 0 Å². The fraction of sp³-hybridized carbons (Fsp3) is 0.226. The predicted molar refractivity (Wildman–Crippen MR) is 162 cm³/mol. The van der Waals surface area contributed by atoms with E-state index in [9.17, 15) is 19.2 Å². The van der Waals surface area contributed by atoms with Crippen LogP contribution in [-0.2, 0) is 20.9 Å². The molecule has 1 aromatic heterocycles. The van der Waals surface area contributed by atoms with Crippen molar-refractivity contribution in [1.29, 1.82) is 0 Å². The van der Waals surface area contributed by atoms with Crippen molar-refractivity contribution in [2.45, 2.75) is 29.7 Å². The zero-order valence-corrected chi connectivity index (χ0v) is 24.7. The van der Waals surface area contributed by atoms with Crippen LogP contribution in [0, 0.1) is 12.8 Å². The van der Waals surface area contributed by atoms with Gasteiger partial charge in [-0.05, 0) is 54.4 Å². The molecule has 214 valence electrons. The number of hydrogen-bond acceptors (Lipinski definition) is 8. The van der Waals surface area contributed by atoms with E-state index in [1.165, 1.54) is 35.4 Å². The molecule has 2 aliphatic heterocycles. The molecule has 3 amide bonds. The fourth-order valence-corrected chi connectivity index (χ4v) is 8.33. The number of ether oxygens (including phenoxy) is 2. The maximum atomic E-state index is 14.0. The highest BCUT2D eigenvalue weighted by Gasteiger charge is 2.57. The number of carbonyl (C=O) groups is 3. The molecule has 0 radical (unpaired) electrons. The first-order chi connectivity index (χ1) is 20.3. The first-order valence-electron chi connectivity index (χ1n) is 13.2. The molecule has 4 aromatic rings. The van der Waals surface area contributed by atoms with Crippen molar-refractivity contribution in [3.8, 4) is 11.5 Å². The van der Waals surface area contributed by atoms with Crippen LogP contribution in [0.1, 0.15) is 21.9 Å². The lowest BCUT2D eigenvalue weighted by molar-refractivity contribution is -0.122. The number of nitrogens with zero attached hydrogens (tertiary/aromatic N) is 2. The zero-order chi connectivity index (χ0) is 29.5. The van der Waals surface area contributed by atoms with Gasteiger partial charge in [-0.3, -0.25) is 23.7 Å². The van der Waals surface area contributed by atoms with Crippen molar-refractivity contribution in [3.63, 3.8) is 0 Å². The maximum Gasteiger partial charge on any atom is 0.308 e. The number of aromatic nitrogens is 1. The van der Waals surface area contributed by atoms with Crippen LogP contribution in [-0.4, -0.2) is 41.8 Å². The molecule has 2 unspecified atom stereocenters. The van der Waals surface area contributed by atoms with Gasteiger partial charge in [0.1, 0.15) is 11.8 Å². The van der Waals surface area contributed by atoms with E-state index < -0.39 is 17.1 Å². The molecule has 0 spiro atoms. The highest BCUT2D eigenvalue weighted by Crippen LogP contribution is 2.54. The Morgan fingerprint density at radius 2 is 1.67 bits per heavy atom. The third-order valence-corrected chi connectivity index (χ3v) is 10.0. The van der Waals surface area contributed by atoms with Crippen molar-refractivity contribution in [1.82, 2.24) is 4.57 Å². The number of nitrogens with one attached hydrogen (secondary N) is 1. The van der Waals surface area contributed by atoms with Gasteiger partial charge in [-0.15, -0.1) is 0 Å². The van der Waals surface area contributed by atoms with Crippen LogP contribution >= 0.6 is 23.1 Å². The summed E-state index contributed by atoms with van der Waals surface area (Å²) >= 11 is 2.17. The van der Waals surface area contributed by atoms with Crippen LogP contribution in [0.25, 0.3) is 0 Å². The van der Waals surface area contributed by atoms with E-state index in [0.717, 1.165) is 16.9 Å². The molecule has 1 saturated heterocycles. The van der Waals surface area contributed by atoms with Gasteiger partial charge in [-0.2, -0.15) is 0 Å². The van der Waals surface area contributed by atoms with Crippen LogP contribution < -0.4 is 24.6 Å². The number of aryl methyl sites for hydroxylation is 1. The molecule has 3 heterocycles. The number of rotatable bonds is 7. The quantitative estimate of drug-likeness (QED) is 0.307. The summed E-state index contributed by atoms with van der Waals surface area (Å²) in [5.74, 6) is -1.45. The number of para-hydroxylation sites is 1. The average Bonchev–Trinajstić information content (AvgIpc) is 3.43. The van der Waals surface area contributed by atoms with Gasteiger partial charge in [-0.1, -0.05) is 59.5 Å². The number of fused-ring (bicyclic) bond motifs is 2. The van der Waals surface area contributed by atoms with E-state index in [1.54, 1.807) is 42.5 Å². The Balaban J connectivity index is 1.44. The average molecular weight is 602 g/mol. The number of anilines is 2. The Hall–Kier alpha value is -4.35. The van der Waals surface area contributed by atoms with Gasteiger partial charge in [0.25, 0.3) is 0 Å². The Morgan fingerprint density at radius 1 is 0.905 bits per heavy atom. The van der Waals surface area contributed by atoms with Gasteiger partial charge in [0, 0.05) is 16.5 Å². The third-order valence-electron chi connectivity index (χ3n) is 7.43. The second kappa shape index (κ2) is 11.1. The van der Waals surface area contributed by atoms with E-state index in [1.807, 2.05) is 37.3 Å². The molecule has 1 fully saturated rings. The summed E-state index contributed by atoms with van der Waals surface area (Å²) in [6.07, 6.45) is 0. The number of carbonyl (C=O) groups excluding carboxylic acids is 3. The third kappa shape index (κ3) is 4.78. The van der Waals surface area contributed by atoms with Gasteiger partial charge in [0.05, 0.1) is 30.9 Å². The number of thiazole rings is 1. The van der Waals surface area contributed by atoms with Crippen molar-refractivity contribution >= 4 is 52.2 Å². The molecule has 0 saturated carbocycles. The minimum atomic E-state index is -0.789. The lowest BCUT2D eigenvalue weighted by atomic mass is 9.83. The summed E-state index contributed by atoms with van der Waals surface area (Å²) in [5.41, 5.74) is 2.82. The minimum absolute atomic E-state index is 0.230. The first kappa shape index (κ1) is 27.8. The summed E-state index contributed by atoms with van der Waals surface area (Å²) < 4.78 is 12.4. The normalized spacial score (nSPS) is 19.3. The Labute approximate surface area is 250 Å². The molecule has 42 heavy (non-hydrogen) atoms. The molecular formula is C31H27N3O6S2. The highest BCUT2D eigenvalue weighted by atomic mass is 32.2. The number of imide groups is 1. The van der Waals surface area contributed by atoms with Gasteiger partial charge < -0.3 is 14.8 Å². The monoisotopic (exact) mass is 601 g/mol. The lowest BCUT2D eigenvalue weighted by Crippen LogP contribution is -2.33. The summed E-state index contributed by atoms with van der Waals surface area (Å²) in [7, 11) is 3.06. The van der Waals surface area contributed by atoms with Gasteiger partial charge in [0.15, 0.2) is 11.5 Å². The number of methoxy groups -OCH3 is 2. The number of thioether (sulfide) groups is 1. The summed E-state index contributed by atoms with van der Waals surface area (Å²) in [6, 6.07) is 21.6. The molecule has 3 aromatic carbocycles. The molecule has 11 heteroatoms. The Bertz CT molecular complexity index is 1770. The minimum Gasteiger partial charge on any atom is -0.493 e. The van der Waals surface area contributed by atoms with Gasteiger partial charge >= 0.3 is 4.87 Å². The largest absolute Gasteiger partial charge is 0.493 e. The van der Waals surface area contributed by atoms with Crippen molar-refractivity contribution < 1.29 is 23.9 Å². The maximum absolute atomic E-state index is 14.0. The molecular weight excluding hydrogens is 574 g/mol. The zero-order valence-electron chi connectivity index (χ0n) is 23.0. The number of hydrogen-bond donors (Lipinski definition) is 1. The highest BCUT2D eigenvalue weighted by molar-refractivity contribution is 8.00. The molecule has 0 aliphatic carbocycles. The Kier molecular flexibility index (Phi) is 7.38.